The molecule has 0 aliphatic carbocycles. The second kappa shape index (κ2) is 8.09. The Morgan fingerprint density at radius 1 is 1.07 bits per heavy atom. The molecule has 0 aliphatic rings. The van der Waals surface area contributed by atoms with E-state index in [1.54, 1.807) is 25.1 Å². The number of non-ortho nitro benzene ring substituents is 1. The highest BCUT2D eigenvalue weighted by Gasteiger charge is 2.08. The number of carbonyl (C=O) groups is 1. The van der Waals surface area contributed by atoms with Gasteiger partial charge in [-0.05, 0) is 29.8 Å². The van der Waals surface area contributed by atoms with Gasteiger partial charge in [-0.1, -0.05) is 42.5 Å². The van der Waals surface area contributed by atoms with Crippen molar-refractivity contribution in [2.45, 2.75) is 6.92 Å². The number of fused-ring (bicyclic) bond motifs is 1. The van der Waals surface area contributed by atoms with Crippen LogP contribution >= 0.6 is 0 Å². The van der Waals surface area contributed by atoms with Gasteiger partial charge in [-0.15, -0.1) is 0 Å². The second-order valence-corrected chi connectivity index (χ2v) is 5.84. The molecule has 3 aromatic rings. The lowest BCUT2D eigenvalue weighted by Gasteiger charge is -2.07. The van der Waals surface area contributed by atoms with Gasteiger partial charge in [-0.25, -0.2) is 5.43 Å². The summed E-state index contributed by atoms with van der Waals surface area (Å²) < 4.78 is 5.49. The van der Waals surface area contributed by atoms with E-state index in [0.717, 1.165) is 10.8 Å². The fourth-order valence-electron chi connectivity index (χ4n) is 2.49. The smallest absolute Gasteiger partial charge is 0.277 e. The van der Waals surface area contributed by atoms with Crippen molar-refractivity contribution in [1.82, 2.24) is 5.43 Å². The third-order valence-electron chi connectivity index (χ3n) is 3.91. The van der Waals surface area contributed by atoms with Gasteiger partial charge >= 0.3 is 0 Å². The number of hydrazone groups is 1. The summed E-state index contributed by atoms with van der Waals surface area (Å²) in [5.41, 5.74) is 3.37. The first-order valence-corrected chi connectivity index (χ1v) is 8.22. The van der Waals surface area contributed by atoms with Gasteiger partial charge in [0.05, 0.1) is 10.6 Å². The summed E-state index contributed by atoms with van der Waals surface area (Å²) in [6.07, 6.45) is 0. The highest BCUT2D eigenvalue weighted by molar-refractivity contribution is 5.99. The molecule has 0 heterocycles. The Bertz CT molecular complexity index is 1030. The minimum absolute atomic E-state index is 0.0342. The van der Waals surface area contributed by atoms with Crippen LogP contribution in [0.25, 0.3) is 10.8 Å². The van der Waals surface area contributed by atoms with Crippen molar-refractivity contribution in [3.63, 3.8) is 0 Å². The largest absolute Gasteiger partial charge is 0.484 e. The van der Waals surface area contributed by atoms with Gasteiger partial charge in [-0.2, -0.15) is 5.10 Å². The van der Waals surface area contributed by atoms with E-state index < -0.39 is 10.8 Å². The molecule has 27 heavy (non-hydrogen) atoms. The van der Waals surface area contributed by atoms with Gasteiger partial charge in [0, 0.05) is 17.7 Å². The maximum atomic E-state index is 11.9. The van der Waals surface area contributed by atoms with Crippen molar-refractivity contribution in [2.24, 2.45) is 5.10 Å². The van der Waals surface area contributed by atoms with Crippen LogP contribution in [0.4, 0.5) is 5.69 Å². The molecule has 3 rings (SSSR count). The van der Waals surface area contributed by atoms with Crippen LogP contribution < -0.4 is 10.2 Å². The molecule has 0 unspecified atom stereocenters. The molecule has 0 aliphatic heterocycles. The normalized spacial score (nSPS) is 11.2. The van der Waals surface area contributed by atoms with E-state index in [4.69, 9.17) is 4.74 Å². The second-order valence-electron chi connectivity index (χ2n) is 5.84. The zero-order chi connectivity index (χ0) is 19.2. The van der Waals surface area contributed by atoms with E-state index in [9.17, 15) is 14.9 Å². The number of hydrogen-bond donors (Lipinski definition) is 1. The fourth-order valence-corrected chi connectivity index (χ4v) is 2.49. The number of benzene rings is 3. The first kappa shape index (κ1) is 18.1. The third-order valence-corrected chi connectivity index (χ3v) is 3.91. The molecule has 7 nitrogen and oxygen atoms in total. The number of carbonyl (C=O) groups excluding carboxylic acids is 1. The Morgan fingerprint density at radius 3 is 2.63 bits per heavy atom. The van der Waals surface area contributed by atoms with E-state index in [1.807, 2.05) is 36.4 Å². The Hall–Kier alpha value is -3.74. The van der Waals surface area contributed by atoms with Gasteiger partial charge in [0.15, 0.2) is 6.61 Å². The summed E-state index contributed by atoms with van der Waals surface area (Å²) in [6, 6.07) is 19.5. The molecule has 3 aromatic carbocycles. The van der Waals surface area contributed by atoms with Crippen LogP contribution in [-0.2, 0) is 4.79 Å². The fraction of sp³-hybridized carbons (Fsp3) is 0.100. The van der Waals surface area contributed by atoms with Crippen LogP contribution in [0.5, 0.6) is 5.75 Å². The standard InChI is InChI=1S/C20H17N3O4/c1-14(16-7-4-8-18(11-16)23(25)26)21-22-20(24)13-27-19-10-9-15-5-2-3-6-17(15)12-19/h2-12H,13H2,1H3,(H,22,24)/b21-14+. The Morgan fingerprint density at radius 2 is 1.85 bits per heavy atom. The first-order valence-electron chi connectivity index (χ1n) is 8.22. The predicted molar refractivity (Wildman–Crippen MR) is 103 cm³/mol. The summed E-state index contributed by atoms with van der Waals surface area (Å²) in [7, 11) is 0. The van der Waals surface area contributed by atoms with Gasteiger partial charge in [-0.3, -0.25) is 14.9 Å². The first-order chi connectivity index (χ1) is 13.0. The minimum Gasteiger partial charge on any atom is -0.484 e. The lowest BCUT2D eigenvalue weighted by atomic mass is 10.1. The molecular weight excluding hydrogens is 346 g/mol. The Balaban J connectivity index is 1.59. The summed E-state index contributed by atoms with van der Waals surface area (Å²) in [6.45, 7) is 1.47. The molecule has 1 N–H and O–H groups in total. The zero-order valence-electron chi connectivity index (χ0n) is 14.6. The Labute approximate surface area is 155 Å². The van der Waals surface area contributed by atoms with Crippen LogP contribution in [0.15, 0.2) is 71.8 Å². The number of hydrogen-bond acceptors (Lipinski definition) is 5. The molecule has 0 saturated heterocycles. The average Bonchev–Trinajstić information content (AvgIpc) is 2.70. The third kappa shape index (κ3) is 4.66. The molecule has 0 atom stereocenters. The van der Waals surface area contributed by atoms with Crippen LogP contribution in [-0.4, -0.2) is 23.1 Å². The van der Waals surface area contributed by atoms with Crippen LogP contribution in [0.1, 0.15) is 12.5 Å². The van der Waals surface area contributed by atoms with Crippen molar-refractivity contribution >= 4 is 28.1 Å². The molecule has 0 saturated carbocycles. The van der Waals surface area contributed by atoms with E-state index in [-0.39, 0.29) is 12.3 Å². The molecule has 7 heteroatoms. The molecule has 0 bridgehead atoms. The predicted octanol–water partition coefficient (Wildman–Crippen LogP) is 3.67. The SMILES string of the molecule is C/C(=N\NC(=O)COc1ccc2ccccc2c1)c1cccc([N+](=O)[O-])c1. The van der Waals surface area contributed by atoms with E-state index >= 15 is 0 Å². The number of nitro benzene ring substituents is 1. The lowest BCUT2D eigenvalue weighted by Crippen LogP contribution is -2.25. The van der Waals surface area contributed by atoms with Crippen LogP contribution in [0.3, 0.4) is 0 Å². The van der Waals surface area contributed by atoms with E-state index in [2.05, 4.69) is 10.5 Å². The maximum absolute atomic E-state index is 11.9. The average molecular weight is 363 g/mol. The van der Waals surface area contributed by atoms with Crippen LogP contribution in [0, 0.1) is 10.1 Å². The highest BCUT2D eigenvalue weighted by atomic mass is 16.6. The van der Waals surface area contributed by atoms with Crippen molar-refractivity contribution in [3.05, 3.63) is 82.4 Å². The molecule has 0 fully saturated rings. The lowest BCUT2D eigenvalue weighted by molar-refractivity contribution is -0.384. The topological polar surface area (TPSA) is 93.8 Å². The molecule has 0 radical (unpaired) electrons. The van der Waals surface area contributed by atoms with Crippen molar-refractivity contribution in [3.8, 4) is 5.75 Å². The van der Waals surface area contributed by atoms with Gasteiger partial charge in [0.25, 0.3) is 11.6 Å². The van der Waals surface area contributed by atoms with Gasteiger partial charge < -0.3 is 4.74 Å². The highest BCUT2D eigenvalue weighted by Crippen LogP contribution is 2.20. The summed E-state index contributed by atoms with van der Waals surface area (Å²) in [5.74, 6) is 0.163. The van der Waals surface area contributed by atoms with E-state index in [1.165, 1.54) is 12.1 Å². The summed E-state index contributed by atoms with van der Waals surface area (Å²) in [4.78, 5) is 22.3. The number of amides is 1. The number of ether oxygens (including phenoxy) is 1. The van der Waals surface area contributed by atoms with Crippen LogP contribution in [0.2, 0.25) is 0 Å². The van der Waals surface area contributed by atoms with Crippen molar-refractivity contribution in [1.29, 1.82) is 0 Å². The zero-order valence-corrected chi connectivity index (χ0v) is 14.6. The monoisotopic (exact) mass is 363 g/mol. The summed E-state index contributed by atoms with van der Waals surface area (Å²) in [5, 5.41) is 16.9. The molecule has 0 spiro atoms. The molecule has 1 amide bonds. The Kier molecular flexibility index (Phi) is 5.41. The molecular formula is C20H17N3O4. The van der Waals surface area contributed by atoms with Crippen molar-refractivity contribution in [2.75, 3.05) is 6.61 Å². The van der Waals surface area contributed by atoms with E-state index in [0.29, 0.717) is 17.0 Å². The maximum Gasteiger partial charge on any atom is 0.277 e. The molecule has 136 valence electrons. The minimum atomic E-state index is -0.479. The summed E-state index contributed by atoms with van der Waals surface area (Å²) >= 11 is 0. The van der Waals surface area contributed by atoms with Gasteiger partial charge in [0.2, 0.25) is 0 Å². The van der Waals surface area contributed by atoms with Crippen molar-refractivity contribution < 1.29 is 14.5 Å². The number of nitrogens with zero attached hydrogens (tertiary/aromatic N) is 2. The number of rotatable bonds is 6. The molecule has 0 aromatic heterocycles. The van der Waals surface area contributed by atoms with Gasteiger partial charge in [0.1, 0.15) is 5.75 Å². The number of nitro groups is 1. The quantitative estimate of drug-likeness (QED) is 0.411. The number of nitrogens with one attached hydrogen (secondary N) is 1.